The Bertz CT molecular complexity index is 613. The van der Waals surface area contributed by atoms with Gasteiger partial charge in [0, 0.05) is 11.0 Å². The molecule has 0 radical (unpaired) electrons. The number of hydrogen-bond donors (Lipinski definition) is 1. The summed E-state index contributed by atoms with van der Waals surface area (Å²) in [7, 11) is 0. The Morgan fingerprint density at radius 3 is 2.58 bits per heavy atom. The highest BCUT2D eigenvalue weighted by molar-refractivity contribution is 7.99. The highest BCUT2D eigenvalue weighted by atomic mass is 32.2. The minimum absolute atomic E-state index is 0.00271. The molecule has 0 aliphatic heterocycles. The lowest BCUT2D eigenvalue weighted by Crippen LogP contribution is -1.91. The number of para-hydroxylation sites is 1. The molecule has 0 aliphatic rings. The molecule has 0 aromatic heterocycles. The topological polar surface area (TPSA) is 63.4 Å². The zero-order valence-corrected chi connectivity index (χ0v) is 11.2. The molecule has 5 heteroatoms. The van der Waals surface area contributed by atoms with Crippen LogP contribution in [0, 0.1) is 17.0 Å². The fourth-order valence-corrected chi connectivity index (χ4v) is 2.72. The molecule has 0 fully saturated rings. The molecule has 0 saturated heterocycles. The molecule has 2 aromatic carbocycles. The van der Waals surface area contributed by atoms with Crippen LogP contribution in [-0.4, -0.2) is 10.0 Å². The van der Waals surface area contributed by atoms with Gasteiger partial charge >= 0.3 is 0 Å². The number of nitro benzene ring substituents is 1. The molecule has 4 nitrogen and oxygen atoms in total. The van der Waals surface area contributed by atoms with E-state index in [1.807, 2.05) is 25.1 Å². The SMILES string of the molecule is Cc1cc(CO)ccc1Sc1ccccc1[N+](=O)[O-]. The monoisotopic (exact) mass is 275 g/mol. The lowest BCUT2D eigenvalue weighted by atomic mass is 10.1. The minimum Gasteiger partial charge on any atom is -0.392 e. The number of aliphatic hydroxyl groups is 1. The Kier molecular flexibility index (Phi) is 4.19. The normalized spacial score (nSPS) is 10.4. The van der Waals surface area contributed by atoms with E-state index in [4.69, 9.17) is 5.11 Å². The third-order valence-electron chi connectivity index (χ3n) is 2.70. The van der Waals surface area contributed by atoms with Crippen LogP contribution in [0.25, 0.3) is 0 Å². The van der Waals surface area contributed by atoms with E-state index in [0.717, 1.165) is 16.0 Å². The van der Waals surface area contributed by atoms with Gasteiger partial charge in [-0.15, -0.1) is 0 Å². The Morgan fingerprint density at radius 2 is 1.95 bits per heavy atom. The van der Waals surface area contributed by atoms with Crippen LogP contribution in [0.2, 0.25) is 0 Å². The molecular formula is C14H13NO3S. The molecular weight excluding hydrogens is 262 g/mol. The second-order valence-electron chi connectivity index (χ2n) is 4.08. The van der Waals surface area contributed by atoms with Crippen molar-refractivity contribution in [2.24, 2.45) is 0 Å². The second-order valence-corrected chi connectivity index (χ2v) is 5.17. The maximum absolute atomic E-state index is 11.0. The maximum Gasteiger partial charge on any atom is 0.283 e. The maximum atomic E-state index is 11.0. The number of aryl methyl sites for hydroxylation is 1. The molecule has 0 amide bonds. The van der Waals surface area contributed by atoms with Gasteiger partial charge in [0.2, 0.25) is 0 Å². The fourth-order valence-electron chi connectivity index (χ4n) is 1.74. The van der Waals surface area contributed by atoms with Crippen LogP contribution in [0.1, 0.15) is 11.1 Å². The summed E-state index contributed by atoms with van der Waals surface area (Å²) in [6.07, 6.45) is 0. The summed E-state index contributed by atoms with van der Waals surface area (Å²) in [5.74, 6) is 0. The second kappa shape index (κ2) is 5.86. The van der Waals surface area contributed by atoms with Crippen molar-refractivity contribution in [2.45, 2.75) is 23.3 Å². The van der Waals surface area contributed by atoms with Crippen LogP contribution in [0.5, 0.6) is 0 Å². The average molecular weight is 275 g/mol. The first-order chi connectivity index (χ1) is 9.11. The van der Waals surface area contributed by atoms with Gasteiger partial charge in [-0.3, -0.25) is 10.1 Å². The summed E-state index contributed by atoms with van der Waals surface area (Å²) in [4.78, 5) is 12.1. The van der Waals surface area contributed by atoms with E-state index in [2.05, 4.69) is 0 Å². The van der Waals surface area contributed by atoms with E-state index in [9.17, 15) is 10.1 Å². The summed E-state index contributed by atoms with van der Waals surface area (Å²) in [6, 6.07) is 12.3. The first-order valence-electron chi connectivity index (χ1n) is 5.73. The summed E-state index contributed by atoms with van der Waals surface area (Å²) in [5, 5.41) is 20.0. The van der Waals surface area contributed by atoms with Crippen molar-refractivity contribution in [1.82, 2.24) is 0 Å². The van der Waals surface area contributed by atoms with Gasteiger partial charge in [-0.1, -0.05) is 36.0 Å². The molecule has 0 unspecified atom stereocenters. The van der Waals surface area contributed by atoms with Crippen LogP contribution < -0.4 is 0 Å². The number of rotatable bonds is 4. The predicted octanol–water partition coefficient (Wildman–Crippen LogP) is 3.55. The van der Waals surface area contributed by atoms with Crippen molar-refractivity contribution >= 4 is 17.4 Å². The first-order valence-corrected chi connectivity index (χ1v) is 6.55. The van der Waals surface area contributed by atoms with Crippen LogP contribution in [-0.2, 0) is 6.61 Å². The fraction of sp³-hybridized carbons (Fsp3) is 0.143. The van der Waals surface area contributed by atoms with Gasteiger partial charge in [-0.2, -0.15) is 0 Å². The lowest BCUT2D eigenvalue weighted by molar-refractivity contribution is -0.387. The third-order valence-corrected chi connectivity index (χ3v) is 3.95. The molecule has 0 aliphatic carbocycles. The molecule has 0 atom stereocenters. The van der Waals surface area contributed by atoms with Crippen molar-refractivity contribution in [1.29, 1.82) is 0 Å². The van der Waals surface area contributed by atoms with Gasteiger partial charge in [0.15, 0.2) is 0 Å². The van der Waals surface area contributed by atoms with Gasteiger partial charge < -0.3 is 5.11 Å². The molecule has 98 valence electrons. The van der Waals surface area contributed by atoms with E-state index < -0.39 is 0 Å². The first kappa shape index (κ1) is 13.6. The van der Waals surface area contributed by atoms with Crippen LogP contribution in [0.15, 0.2) is 52.3 Å². The van der Waals surface area contributed by atoms with Crippen molar-refractivity contribution < 1.29 is 10.0 Å². The standard InChI is InChI=1S/C14H13NO3S/c1-10-8-11(9-16)6-7-13(10)19-14-5-3-2-4-12(14)15(17)18/h2-8,16H,9H2,1H3. The van der Waals surface area contributed by atoms with E-state index in [1.165, 1.54) is 17.8 Å². The van der Waals surface area contributed by atoms with Crippen molar-refractivity contribution in [2.75, 3.05) is 0 Å². The zero-order valence-electron chi connectivity index (χ0n) is 10.4. The third kappa shape index (κ3) is 3.13. The molecule has 0 saturated carbocycles. The summed E-state index contributed by atoms with van der Waals surface area (Å²) in [5.41, 5.74) is 1.94. The molecule has 19 heavy (non-hydrogen) atoms. The van der Waals surface area contributed by atoms with Gasteiger partial charge in [-0.25, -0.2) is 0 Å². The average Bonchev–Trinajstić information content (AvgIpc) is 2.41. The van der Waals surface area contributed by atoms with Crippen molar-refractivity contribution in [3.8, 4) is 0 Å². The lowest BCUT2D eigenvalue weighted by Gasteiger charge is -2.07. The number of benzene rings is 2. The Labute approximate surface area is 115 Å². The van der Waals surface area contributed by atoms with E-state index in [1.54, 1.807) is 18.2 Å². The predicted molar refractivity (Wildman–Crippen MR) is 74.3 cm³/mol. The number of nitrogens with zero attached hydrogens (tertiary/aromatic N) is 1. The Balaban J connectivity index is 2.34. The molecule has 0 bridgehead atoms. The number of nitro groups is 1. The van der Waals surface area contributed by atoms with E-state index in [0.29, 0.717) is 4.90 Å². The molecule has 2 aromatic rings. The summed E-state index contributed by atoms with van der Waals surface area (Å²) < 4.78 is 0. The molecule has 0 heterocycles. The molecule has 1 N–H and O–H groups in total. The zero-order chi connectivity index (χ0) is 13.8. The summed E-state index contributed by atoms with van der Waals surface area (Å²) >= 11 is 1.37. The smallest absolute Gasteiger partial charge is 0.283 e. The van der Waals surface area contributed by atoms with E-state index in [-0.39, 0.29) is 17.2 Å². The molecule has 2 rings (SSSR count). The van der Waals surface area contributed by atoms with Crippen molar-refractivity contribution in [3.63, 3.8) is 0 Å². The number of aliphatic hydroxyl groups excluding tert-OH is 1. The highest BCUT2D eigenvalue weighted by Gasteiger charge is 2.14. The van der Waals surface area contributed by atoms with Gasteiger partial charge in [0.05, 0.1) is 16.4 Å². The summed E-state index contributed by atoms with van der Waals surface area (Å²) in [6.45, 7) is 1.92. The van der Waals surface area contributed by atoms with Crippen LogP contribution >= 0.6 is 11.8 Å². The van der Waals surface area contributed by atoms with E-state index >= 15 is 0 Å². The Hall–Kier alpha value is -1.85. The molecule has 0 spiro atoms. The minimum atomic E-state index is -0.375. The number of hydrogen-bond acceptors (Lipinski definition) is 4. The largest absolute Gasteiger partial charge is 0.392 e. The Morgan fingerprint density at radius 1 is 1.21 bits per heavy atom. The van der Waals surface area contributed by atoms with Gasteiger partial charge in [-0.05, 0) is 30.2 Å². The highest BCUT2D eigenvalue weighted by Crippen LogP contribution is 2.36. The van der Waals surface area contributed by atoms with Gasteiger partial charge in [0.1, 0.15) is 0 Å². The van der Waals surface area contributed by atoms with Crippen molar-refractivity contribution in [3.05, 3.63) is 63.7 Å². The van der Waals surface area contributed by atoms with Crippen LogP contribution in [0.4, 0.5) is 5.69 Å². The quantitative estimate of drug-likeness (QED) is 0.684. The van der Waals surface area contributed by atoms with Gasteiger partial charge in [0.25, 0.3) is 5.69 Å². The van der Waals surface area contributed by atoms with Crippen LogP contribution in [0.3, 0.4) is 0 Å².